The standard InChI is InChI=1S/C19H24F3N3O2/c1-4-5-6-9-12-27-17-14(19(20,21)22)13-23-18(24-17)25(2)15-10-7-8-11-16(15)26-3/h7-8,10-11,13H,4-6,9,12H2,1-3H3. The maximum Gasteiger partial charge on any atom is 0.423 e. The number of para-hydroxylation sites is 2. The van der Waals surface area contributed by atoms with Gasteiger partial charge in [-0.3, -0.25) is 0 Å². The van der Waals surface area contributed by atoms with E-state index < -0.39 is 17.6 Å². The average Bonchev–Trinajstić information content (AvgIpc) is 2.66. The van der Waals surface area contributed by atoms with E-state index >= 15 is 0 Å². The fourth-order valence-electron chi connectivity index (χ4n) is 2.54. The van der Waals surface area contributed by atoms with Crippen molar-refractivity contribution in [1.29, 1.82) is 0 Å². The third-order valence-electron chi connectivity index (χ3n) is 4.03. The van der Waals surface area contributed by atoms with Crippen LogP contribution in [0.1, 0.15) is 38.2 Å². The van der Waals surface area contributed by atoms with E-state index in [0.717, 1.165) is 25.5 Å². The molecule has 0 aliphatic heterocycles. The van der Waals surface area contributed by atoms with Crippen LogP contribution in [0.5, 0.6) is 11.6 Å². The summed E-state index contributed by atoms with van der Waals surface area (Å²) in [5.41, 5.74) is -0.344. The molecule has 2 rings (SSSR count). The van der Waals surface area contributed by atoms with Crippen molar-refractivity contribution in [2.45, 2.75) is 38.8 Å². The van der Waals surface area contributed by atoms with Crippen LogP contribution in [0.2, 0.25) is 0 Å². The molecular weight excluding hydrogens is 359 g/mol. The second-order valence-corrected chi connectivity index (χ2v) is 6.03. The van der Waals surface area contributed by atoms with Gasteiger partial charge < -0.3 is 14.4 Å². The summed E-state index contributed by atoms with van der Waals surface area (Å²) in [6, 6.07) is 7.12. The Morgan fingerprint density at radius 1 is 1.11 bits per heavy atom. The van der Waals surface area contributed by atoms with Crippen molar-refractivity contribution in [1.82, 2.24) is 9.97 Å². The highest BCUT2D eigenvalue weighted by Gasteiger charge is 2.36. The van der Waals surface area contributed by atoms with E-state index in [4.69, 9.17) is 9.47 Å². The molecule has 1 heterocycles. The first kappa shape index (κ1) is 20.8. The maximum atomic E-state index is 13.3. The van der Waals surface area contributed by atoms with E-state index in [2.05, 4.69) is 16.9 Å². The fourth-order valence-corrected chi connectivity index (χ4v) is 2.54. The Kier molecular flexibility index (Phi) is 7.27. The third-order valence-corrected chi connectivity index (χ3v) is 4.03. The van der Waals surface area contributed by atoms with Gasteiger partial charge in [-0.25, -0.2) is 4.98 Å². The number of hydrogen-bond donors (Lipinski definition) is 0. The third kappa shape index (κ3) is 5.48. The smallest absolute Gasteiger partial charge is 0.423 e. The average molecular weight is 383 g/mol. The summed E-state index contributed by atoms with van der Waals surface area (Å²) in [5.74, 6) is 0.201. The molecule has 0 fully saturated rings. The van der Waals surface area contributed by atoms with Crippen molar-refractivity contribution >= 4 is 11.6 Å². The van der Waals surface area contributed by atoms with E-state index in [1.54, 1.807) is 36.2 Å². The number of rotatable bonds is 9. The second-order valence-electron chi connectivity index (χ2n) is 6.03. The molecule has 0 atom stereocenters. The van der Waals surface area contributed by atoms with E-state index in [9.17, 15) is 13.2 Å². The second kappa shape index (κ2) is 9.43. The van der Waals surface area contributed by atoms with Crippen molar-refractivity contribution in [2.75, 3.05) is 25.7 Å². The molecule has 0 aliphatic carbocycles. The molecule has 0 spiro atoms. The van der Waals surface area contributed by atoms with E-state index in [-0.39, 0.29) is 12.6 Å². The molecule has 0 bridgehead atoms. The van der Waals surface area contributed by atoms with Crippen LogP contribution in [-0.2, 0) is 6.18 Å². The van der Waals surface area contributed by atoms with Gasteiger partial charge in [-0.2, -0.15) is 18.2 Å². The van der Waals surface area contributed by atoms with Gasteiger partial charge in [0.15, 0.2) is 0 Å². The molecule has 1 aromatic carbocycles. The quantitative estimate of drug-likeness (QED) is 0.555. The molecule has 0 radical (unpaired) electrons. The normalized spacial score (nSPS) is 11.3. The van der Waals surface area contributed by atoms with Crippen LogP contribution < -0.4 is 14.4 Å². The molecule has 2 aromatic rings. The van der Waals surface area contributed by atoms with Crippen molar-refractivity contribution < 1.29 is 22.6 Å². The SMILES string of the molecule is CCCCCCOc1nc(N(C)c2ccccc2OC)ncc1C(F)(F)F. The molecule has 0 aliphatic rings. The summed E-state index contributed by atoms with van der Waals surface area (Å²) < 4.78 is 50.4. The summed E-state index contributed by atoms with van der Waals surface area (Å²) in [5, 5.41) is 0. The van der Waals surface area contributed by atoms with Gasteiger partial charge in [0.05, 0.1) is 19.4 Å². The Hall–Kier alpha value is -2.51. The summed E-state index contributed by atoms with van der Waals surface area (Å²) in [6.45, 7) is 2.24. The molecule has 8 heteroatoms. The number of aromatic nitrogens is 2. The molecule has 1 aromatic heterocycles. The minimum absolute atomic E-state index is 0.0936. The lowest BCUT2D eigenvalue weighted by Crippen LogP contribution is -2.18. The molecular formula is C19H24F3N3O2. The minimum Gasteiger partial charge on any atom is -0.495 e. The van der Waals surface area contributed by atoms with Crippen molar-refractivity contribution in [3.8, 4) is 11.6 Å². The van der Waals surface area contributed by atoms with Crippen LogP contribution in [0, 0.1) is 0 Å². The summed E-state index contributed by atoms with van der Waals surface area (Å²) in [7, 11) is 3.18. The fraction of sp³-hybridized carbons (Fsp3) is 0.474. The zero-order chi connectivity index (χ0) is 19.9. The lowest BCUT2D eigenvalue weighted by molar-refractivity contribution is -0.139. The highest BCUT2D eigenvalue weighted by Crippen LogP contribution is 2.37. The molecule has 0 unspecified atom stereocenters. The maximum absolute atomic E-state index is 13.3. The number of alkyl halides is 3. The number of hydrogen-bond acceptors (Lipinski definition) is 5. The molecule has 0 saturated heterocycles. The van der Waals surface area contributed by atoms with Crippen LogP contribution in [0.15, 0.2) is 30.5 Å². The van der Waals surface area contributed by atoms with Crippen LogP contribution in [0.25, 0.3) is 0 Å². The number of ether oxygens (including phenoxy) is 2. The van der Waals surface area contributed by atoms with Crippen LogP contribution in [0.4, 0.5) is 24.8 Å². The first-order valence-corrected chi connectivity index (χ1v) is 8.82. The van der Waals surface area contributed by atoms with E-state index in [0.29, 0.717) is 17.9 Å². The van der Waals surface area contributed by atoms with Gasteiger partial charge >= 0.3 is 6.18 Å². The molecule has 0 amide bonds. The lowest BCUT2D eigenvalue weighted by atomic mass is 10.2. The van der Waals surface area contributed by atoms with Crippen LogP contribution in [0.3, 0.4) is 0 Å². The lowest BCUT2D eigenvalue weighted by Gasteiger charge is -2.21. The Balaban J connectivity index is 2.28. The Morgan fingerprint density at radius 2 is 1.85 bits per heavy atom. The number of benzene rings is 1. The highest BCUT2D eigenvalue weighted by molar-refractivity contribution is 5.64. The zero-order valence-corrected chi connectivity index (χ0v) is 15.7. The Morgan fingerprint density at radius 3 is 2.52 bits per heavy atom. The molecule has 0 saturated carbocycles. The van der Waals surface area contributed by atoms with Gasteiger partial charge in [0.2, 0.25) is 11.8 Å². The largest absolute Gasteiger partial charge is 0.495 e. The van der Waals surface area contributed by atoms with Gasteiger partial charge in [-0.1, -0.05) is 38.3 Å². The molecule has 5 nitrogen and oxygen atoms in total. The van der Waals surface area contributed by atoms with E-state index in [1.165, 1.54) is 7.11 Å². The number of methoxy groups -OCH3 is 1. The number of halogens is 3. The summed E-state index contributed by atoms with van der Waals surface area (Å²) in [6.07, 6.45) is -0.199. The first-order valence-electron chi connectivity index (χ1n) is 8.82. The van der Waals surface area contributed by atoms with Crippen LogP contribution in [-0.4, -0.2) is 30.7 Å². The number of anilines is 2. The summed E-state index contributed by atoms with van der Waals surface area (Å²) in [4.78, 5) is 9.46. The van der Waals surface area contributed by atoms with Crippen molar-refractivity contribution in [2.24, 2.45) is 0 Å². The van der Waals surface area contributed by atoms with Gasteiger partial charge in [0.25, 0.3) is 0 Å². The van der Waals surface area contributed by atoms with Gasteiger partial charge in [-0.05, 0) is 18.6 Å². The van der Waals surface area contributed by atoms with Crippen molar-refractivity contribution in [3.63, 3.8) is 0 Å². The predicted octanol–water partition coefficient (Wildman–Crippen LogP) is 5.23. The number of unbranched alkanes of at least 4 members (excludes halogenated alkanes) is 3. The van der Waals surface area contributed by atoms with Gasteiger partial charge in [0.1, 0.15) is 11.3 Å². The monoisotopic (exact) mass is 383 g/mol. The topological polar surface area (TPSA) is 47.5 Å². The summed E-state index contributed by atoms with van der Waals surface area (Å²) >= 11 is 0. The first-order chi connectivity index (χ1) is 12.9. The van der Waals surface area contributed by atoms with Crippen LogP contribution >= 0.6 is 0 Å². The van der Waals surface area contributed by atoms with E-state index in [1.807, 2.05) is 0 Å². The molecule has 0 N–H and O–H groups in total. The zero-order valence-electron chi connectivity index (χ0n) is 15.7. The molecule has 27 heavy (non-hydrogen) atoms. The minimum atomic E-state index is -4.58. The van der Waals surface area contributed by atoms with Gasteiger partial charge in [-0.15, -0.1) is 0 Å². The van der Waals surface area contributed by atoms with Crippen molar-refractivity contribution in [3.05, 3.63) is 36.0 Å². The number of nitrogens with zero attached hydrogens (tertiary/aromatic N) is 3. The predicted molar refractivity (Wildman–Crippen MR) is 97.7 cm³/mol. The Labute approximate surface area is 157 Å². The highest BCUT2D eigenvalue weighted by atomic mass is 19.4. The van der Waals surface area contributed by atoms with Gasteiger partial charge in [0, 0.05) is 13.2 Å². The molecule has 148 valence electrons. The Bertz CT molecular complexity index is 738.